The van der Waals surface area contributed by atoms with Gasteiger partial charge in [-0.2, -0.15) is 0 Å². The Morgan fingerprint density at radius 3 is 2.79 bits per heavy atom. The predicted octanol–water partition coefficient (Wildman–Crippen LogP) is 8.55. The van der Waals surface area contributed by atoms with Gasteiger partial charge in [0.1, 0.15) is 5.78 Å². The molecule has 2 heteroatoms. The fourth-order valence-electron chi connectivity index (χ4n) is 6.53. The number of hydrogen-bond donors (Lipinski definition) is 0. The van der Waals surface area contributed by atoms with Gasteiger partial charge in [0.05, 0.1) is 5.69 Å². The number of aromatic nitrogens is 1. The molecule has 2 unspecified atom stereocenters. The smallest absolute Gasteiger partial charge is 0.137 e. The van der Waals surface area contributed by atoms with Crippen molar-refractivity contribution in [2.75, 3.05) is 0 Å². The van der Waals surface area contributed by atoms with Crippen LogP contribution < -0.4 is 0 Å². The normalized spacial score (nSPS) is 26.8. The molecular weight excluding hydrogens is 402 g/mol. The first-order valence-electron chi connectivity index (χ1n) is 13.4. The van der Waals surface area contributed by atoms with Crippen molar-refractivity contribution < 1.29 is 9.07 Å². The molecule has 0 saturated heterocycles. The maximum Gasteiger partial charge on any atom is 0.137 e. The Balaban J connectivity index is 0.00000152. The molecule has 1 heterocycles. The van der Waals surface area contributed by atoms with Gasteiger partial charge in [0.15, 0.2) is 0 Å². The van der Waals surface area contributed by atoms with Gasteiger partial charge in [-0.25, -0.2) is 0 Å². The van der Waals surface area contributed by atoms with Crippen LogP contribution in [0.5, 0.6) is 0 Å². The average molecular weight is 448 g/mol. The number of nitrogens with zero attached hydrogens (tertiary/aromatic N) is 1. The SMILES string of the molecule is CC1CCC(CCC(=O)Cc2cccc(C3CCCC(c4nccc5c4C=CC5)C3)c2)CC1.[HH].[HH].[HH]. The molecule has 2 aromatic rings. The quantitative estimate of drug-likeness (QED) is 0.425. The van der Waals surface area contributed by atoms with E-state index in [1.165, 1.54) is 79.3 Å². The van der Waals surface area contributed by atoms with E-state index in [0.717, 1.165) is 31.1 Å². The molecule has 2 saturated carbocycles. The molecule has 2 fully saturated rings. The Bertz CT molecular complexity index is 1010. The third kappa shape index (κ3) is 5.48. The largest absolute Gasteiger partial charge is 0.299 e. The van der Waals surface area contributed by atoms with E-state index >= 15 is 0 Å². The van der Waals surface area contributed by atoms with Crippen LogP contribution in [-0.4, -0.2) is 10.8 Å². The second-order valence-electron chi connectivity index (χ2n) is 11.1. The molecule has 3 aliphatic rings. The van der Waals surface area contributed by atoms with Crippen LogP contribution in [0.4, 0.5) is 0 Å². The lowest BCUT2D eigenvalue weighted by atomic mass is 9.75. The minimum atomic E-state index is 0. The average Bonchev–Trinajstić information content (AvgIpc) is 3.33. The Kier molecular flexibility index (Phi) is 7.09. The zero-order chi connectivity index (χ0) is 22.6. The number of carbonyl (C=O) groups excluding carboxylic acids is 1. The summed E-state index contributed by atoms with van der Waals surface area (Å²) in [5, 5.41) is 0. The van der Waals surface area contributed by atoms with Gasteiger partial charge in [-0.3, -0.25) is 9.78 Å². The van der Waals surface area contributed by atoms with Gasteiger partial charge in [0.2, 0.25) is 0 Å². The van der Waals surface area contributed by atoms with E-state index in [0.29, 0.717) is 24.0 Å². The topological polar surface area (TPSA) is 30.0 Å². The predicted molar refractivity (Wildman–Crippen MR) is 143 cm³/mol. The summed E-state index contributed by atoms with van der Waals surface area (Å²) in [6.45, 7) is 2.36. The van der Waals surface area contributed by atoms with Crippen LogP contribution in [-0.2, 0) is 17.6 Å². The molecule has 0 aliphatic heterocycles. The molecular formula is C31H45NO. The van der Waals surface area contributed by atoms with Crippen molar-refractivity contribution in [1.82, 2.24) is 4.98 Å². The first-order valence-corrected chi connectivity index (χ1v) is 13.4. The van der Waals surface area contributed by atoms with Crippen molar-refractivity contribution in [3.63, 3.8) is 0 Å². The summed E-state index contributed by atoms with van der Waals surface area (Å²) in [6, 6.07) is 11.1. The molecule has 33 heavy (non-hydrogen) atoms. The third-order valence-corrected chi connectivity index (χ3v) is 8.59. The van der Waals surface area contributed by atoms with Gasteiger partial charge < -0.3 is 0 Å². The summed E-state index contributed by atoms with van der Waals surface area (Å²) in [7, 11) is 0. The van der Waals surface area contributed by atoms with Gasteiger partial charge >= 0.3 is 0 Å². The molecule has 0 spiro atoms. The standard InChI is InChI=1S/C31H39NO.3H2/c1-22-11-13-23(14-12-22)15-16-29(33)20-24-5-2-7-26(19-24)27-8-3-9-28(21-27)31-30-10-4-6-25(30)17-18-32-31;;;/h2,4-5,7,10,17-19,22-23,27-28H,3,6,8-9,11-16,20-21H2,1H3;3*1H. The number of hydrogen-bond acceptors (Lipinski definition) is 2. The lowest BCUT2D eigenvalue weighted by Crippen LogP contribution is -2.16. The highest BCUT2D eigenvalue weighted by Gasteiger charge is 2.28. The van der Waals surface area contributed by atoms with E-state index in [4.69, 9.17) is 4.98 Å². The van der Waals surface area contributed by atoms with E-state index in [-0.39, 0.29) is 4.28 Å². The number of fused-ring (bicyclic) bond motifs is 1. The molecule has 2 nitrogen and oxygen atoms in total. The second kappa shape index (κ2) is 10.4. The lowest BCUT2D eigenvalue weighted by molar-refractivity contribution is -0.118. The maximum absolute atomic E-state index is 12.7. The van der Waals surface area contributed by atoms with Crippen molar-refractivity contribution in [2.45, 2.75) is 95.8 Å². The van der Waals surface area contributed by atoms with E-state index in [1.807, 2.05) is 6.20 Å². The van der Waals surface area contributed by atoms with E-state index in [2.05, 4.69) is 49.4 Å². The van der Waals surface area contributed by atoms with Gasteiger partial charge in [0.25, 0.3) is 0 Å². The Labute approximate surface area is 204 Å². The van der Waals surface area contributed by atoms with Crippen LogP contribution in [0.25, 0.3) is 6.08 Å². The highest BCUT2D eigenvalue weighted by atomic mass is 16.1. The molecule has 1 aromatic heterocycles. The molecule has 0 N–H and O–H groups in total. The van der Waals surface area contributed by atoms with E-state index in [9.17, 15) is 4.79 Å². The van der Waals surface area contributed by atoms with Crippen molar-refractivity contribution in [1.29, 1.82) is 0 Å². The fourth-order valence-corrected chi connectivity index (χ4v) is 6.53. The Morgan fingerprint density at radius 2 is 1.91 bits per heavy atom. The van der Waals surface area contributed by atoms with Crippen LogP contribution in [0.1, 0.15) is 115 Å². The highest BCUT2D eigenvalue weighted by molar-refractivity contribution is 5.80. The summed E-state index contributed by atoms with van der Waals surface area (Å²) < 4.78 is 0. The minimum absolute atomic E-state index is 0. The lowest BCUT2D eigenvalue weighted by Gasteiger charge is -2.30. The molecule has 2 atom stereocenters. The van der Waals surface area contributed by atoms with Gasteiger partial charge in [-0.05, 0) is 78.2 Å². The van der Waals surface area contributed by atoms with Gasteiger partial charge in [-0.15, -0.1) is 0 Å². The molecule has 180 valence electrons. The zero-order valence-corrected chi connectivity index (χ0v) is 20.3. The second-order valence-corrected chi connectivity index (χ2v) is 11.1. The fraction of sp³-hybridized carbons (Fsp3) is 0.548. The summed E-state index contributed by atoms with van der Waals surface area (Å²) in [5.41, 5.74) is 6.77. The number of ketones is 1. The van der Waals surface area contributed by atoms with Gasteiger partial charge in [0, 0.05) is 29.2 Å². The molecule has 1 aromatic carbocycles. The number of carbonyl (C=O) groups is 1. The number of rotatable bonds is 7. The molecule has 5 rings (SSSR count). The number of Topliss-reactive ketones (excluding diaryl/α,β-unsaturated/α-hetero) is 1. The number of allylic oxidation sites excluding steroid dienone is 1. The molecule has 0 amide bonds. The van der Waals surface area contributed by atoms with E-state index in [1.54, 1.807) is 0 Å². The zero-order valence-electron chi connectivity index (χ0n) is 20.3. The first kappa shape index (κ1) is 22.6. The van der Waals surface area contributed by atoms with Crippen LogP contribution in [0, 0.1) is 11.8 Å². The summed E-state index contributed by atoms with van der Waals surface area (Å²) in [4.78, 5) is 17.6. The van der Waals surface area contributed by atoms with E-state index < -0.39 is 0 Å². The van der Waals surface area contributed by atoms with Crippen molar-refractivity contribution >= 4 is 11.9 Å². The van der Waals surface area contributed by atoms with Crippen LogP contribution in [0.3, 0.4) is 0 Å². The Morgan fingerprint density at radius 1 is 1.06 bits per heavy atom. The van der Waals surface area contributed by atoms with Crippen molar-refractivity contribution in [3.05, 3.63) is 70.6 Å². The summed E-state index contributed by atoms with van der Waals surface area (Å²) in [5.74, 6) is 3.20. The third-order valence-electron chi connectivity index (χ3n) is 8.59. The molecule has 0 radical (unpaired) electrons. The van der Waals surface area contributed by atoms with Gasteiger partial charge in [-0.1, -0.05) is 75.4 Å². The van der Waals surface area contributed by atoms with Crippen LogP contribution in [0.15, 0.2) is 42.6 Å². The molecule has 0 bridgehead atoms. The summed E-state index contributed by atoms with van der Waals surface area (Å²) >= 11 is 0. The first-order chi connectivity index (χ1) is 16.2. The van der Waals surface area contributed by atoms with Crippen LogP contribution in [0.2, 0.25) is 0 Å². The number of benzene rings is 1. The number of pyridine rings is 1. The summed E-state index contributed by atoms with van der Waals surface area (Å²) in [6.07, 6.45) is 20.3. The van der Waals surface area contributed by atoms with Crippen molar-refractivity contribution in [3.8, 4) is 0 Å². The minimum Gasteiger partial charge on any atom is -0.299 e. The Hall–Kier alpha value is -2.22. The highest BCUT2D eigenvalue weighted by Crippen LogP contribution is 2.43. The van der Waals surface area contributed by atoms with Crippen LogP contribution >= 0.6 is 0 Å². The maximum atomic E-state index is 12.7. The molecule has 3 aliphatic carbocycles. The monoisotopic (exact) mass is 447 g/mol. The van der Waals surface area contributed by atoms with Crippen molar-refractivity contribution in [2.24, 2.45) is 11.8 Å².